The number of nitrogens with one attached hydrogen (secondary N) is 1. The molecule has 0 bridgehead atoms. The minimum absolute atomic E-state index is 0.0502. The van der Waals surface area contributed by atoms with Crippen molar-refractivity contribution in [1.29, 1.82) is 0 Å². The standard InChI is InChI=1S/C22H18N4O3/c23-21-19(20(26-29-21)16-9-11-24-12-10-16)22(27)25-17-7-4-8-18(13-17)28-14-15-5-2-1-3-6-15/h1-13H,14,23H2,(H,25,27). The third-order valence-corrected chi connectivity index (χ3v) is 4.24. The van der Waals surface area contributed by atoms with Crippen LogP contribution >= 0.6 is 0 Å². The Morgan fingerprint density at radius 3 is 2.62 bits per heavy atom. The monoisotopic (exact) mass is 386 g/mol. The van der Waals surface area contributed by atoms with Gasteiger partial charge in [0.05, 0.1) is 0 Å². The molecule has 7 nitrogen and oxygen atoms in total. The van der Waals surface area contributed by atoms with Crippen LogP contribution in [0.3, 0.4) is 0 Å². The summed E-state index contributed by atoms with van der Waals surface area (Å²) in [4.78, 5) is 16.8. The first kappa shape index (κ1) is 18.2. The Bertz CT molecular complexity index is 1110. The van der Waals surface area contributed by atoms with E-state index in [2.05, 4.69) is 15.5 Å². The van der Waals surface area contributed by atoms with Gasteiger partial charge in [0, 0.05) is 29.7 Å². The summed E-state index contributed by atoms with van der Waals surface area (Å²) in [5, 5.41) is 6.74. The van der Waals surface area contributed by atoms with Gasteiger partial charge in [0.1, 0.15) is 23.6 Å². The van der Waals surface area contributed by atoms with E-state index in [1.807, 2.05) is 36.4 Å². The van der Waals surface area contributed by atoms with Gasteiger partial charge in [-0.2, -0.15) is 0 Å². The first-order valence-electron chi connectivity index (χ1n) is 8.94. The number of amides is 1. The second kappa shape index (κ2) is 8.26. The Balaban J connectivity index is 1.50. The lowest BCUT2D eigenvalue weighted by Gasteiger charge is -2.09. The van der Waals surface area contributed by atoms with Crippen molar-refractivity contribution >= 4 is 17.5 Å². The van der Waals surface area contributed by atoms with Crippen molar-refractivity contribution in [3.8, 4) is 17.0 Å². The quantitative estimate of drug-likeness (QED) is 0.516. The highest BCUT2D eigenvalue weighted by Gasteiger charge is 2.22. The molecular weight excluding hydrogens is 368 g/mol. The number of nitrogens with zero attached hydrogens (tertiary/aromatic N) is 2. The summed E-state index contributed by atoms with van der Waals surface area (Å²) in [6.07, 6.45) is 3.21. The van der Waals surface area contributed by atoms with Crippen molar-refractivity contribution < 1.29 is 14.1 Å². The number of carbonyl (C=O) groups excluding carboxylic acids is 1. The van der Waals surface area contributed by atoms with Crippen LogP contribution in [0.4, 0.5) is 11.6 Å². The summed E-state index contributed by atoms with van der Waals surface area (Å²) in [7, 11) is 0. The number of rotatable bonds is 6. The van der Waals surface area contributed by atoms with Crippen LogP contribution in [0, 0.1) is 0 Å². The Hall–Kier alpha value is -4.13. The molecule has 0 atom stereocenters. The van der Waals surface area contributed by atoms with Crippen molar-refractivity contribution in [2.75, 3.05) is 11.1 Å². The second-order valence-electron chi connectivity index (χ2n) is 6.26. The summed E-state index contributed by atoms with van der Waals surface area (Å²) >= 11 is 0. The molecule has 7 heteroatoms. The minimum atomic E-state index is -0.421. The second-order valence-corrected chi connectivity index (χ2v) is 6.26. The van der Waals surface area contributed by atoms with Gasteiger partial charge in [0.2, 0.25) is 5.88 Å². The first-order chi connectivity index (χ1) is 14.2. The lowest BCUT2D eigenvalue weighted by atomic mass is 10.1. The molecule has 0 saturated carbocycles. The number of aromatic nitrogens is 2. The third kappa shape index (κ3) is 4.24. The van der Waals surface area contributed by atoms with Crippen molar-refractivity contribution in [1.82, 2.24) is 10.1 Å². The minimum Gasteiger partial charge on any atom is -0.489 e. The molecule has 2 heterocycles. The number of ether oxygens (including phenoxy) is 1. The van der Waals surface area contributed by atoms with Crippen LogP contribution in [-0.2, 0) is 6.61 Å². The highest BCUT2D eigenvalue weighted by atomic mass is 16.5. The molecule has 2 aromatic heterocycles. The van der Waals surface area contributed by atoms with E-state index in [9.17, 15) is 4.79 Å². The van der Waals surface area contributed by atoms with E-state index in [4.69, 9.17) is 15.0 Å². The summed E-state index contributed by atoms with van der Waals surface area (Å²) in [6.45, 7) is 0.434. The molecule has 0 aliphatic carbocycles. The van der Waals surface area contributed by atoms with Gasteiger partial charge >= 0.3 is 0 Å². The summed E-state index contributed by atoms with van der Waals surface area (Å²) in [5.74, 6) is 0.167. The third-order valence-electron chi connectivity index (χ3n) is 4.24. The zero-order chi connectivity index (χ0) is 20.1. The van der Waals surface area contributed by atoms with Crippen LogP contribution in [0.15, 0.2) is 83.6 Å². The number of benzene rings is 2. The zero-order valence-electron chi connectivity index (χ0n) is 15.4. The highest BCUT2D eigenvalue weighted by molar-refractivity contribution is 6.11. The molecule has 0 aliphatic rings. The van der Waals surface area contributed by atoms with E-state index in [0.29, 0.717) is 29.3 Å². The largest absolute Gasteiger partial charge is 0.489 e. The van der Waals surface area contributed by atoms with Gasteiger partial charge in [0.25, 0.3) is 5.91 Å². The number of carbonyl (C=O) groups is 1. The van der Waals surface area contributed by atoms with Crippen molar-refractivity contribution in [3.63, 3.8) is 0 Å². The van der Waals surface area contributed by atoms with Crippen LogP contribution in [0.5, 0.6) is 5.75 Å². The van der Waals surface area contributed by atoms with Gasteiger partial charge in [-0.25, -0.2) is 0 Å². The summed E-state index contributed by atoms with van der Waals surface area (Å²) in [6, 6.07) is 20.4. The molecule has 0 unspecified atom stereocenters. The molecule has 0 aliphatic heterocycles. The molecule has 144 valence electrons. The Kier molecular flexibility index (Phi) is 5.20. The molecule has 0 saturated heterocycles. The molecule has 29 heavy (non-hydrogen) atoms. The van der Waals surface area contributed by atoms with E-state index in [0.717, 1.165) is 5.56 Å². The van der Waals surface area contributed by atoms with Gasteiger partial charge in [-0.15, -0.1) is 0 Å². The van der Waals surface area contributed by atoms with Crippen LogP contribution < -0.4 is 15.8 Å². The van der Waals surface area contributed by atoms with E-state index in [1.165, 1.54) is 0 Å². The van der Waals surface area contributed by atoms with Gasteiger partial charge in [0.15, 0.2) is 0 Å². The number of nitrogens with two attached hydrogens (primary N) is 1. The number of anilines is 2. The SMILES string of the molecule is Nc1onc(-c2ccncc2)c1C(=O)Nc1cccc(OCc2ccccc2)c1. The lowest BCUT2D eigenvalue weighted by Crippen LogP contribution is -2.14. The average Bonchev–Trinajstić information content (AvgIpc) is 3.15. The fourth-order valence-electron chi connectivity index (χ4n) is 2.83. The van der Waals surface area contributed by atoms with Gasteiger partial charge in [-0.05, 0) is 29.8 Å². The van der Waals surface area contributed by atoms with E-state index in [-0.39, 0.29) is 11.4 Å². The van der Waals surface area contributed by atoms with Crippen molar-refractivity contribution in [3.05, 3.63) is 90.3 Å². The zero-order valence-corrected chi connectivity index (χ0v) is 15.4. The van der Waals surface area contributed by atoms with Crippen LogP contribution in [0.25, 0.3) is 11.3 Å². The van der Waals surface area contributed by atoms with Gasteiger partial charge < -0.3 is 20.3 Å². The lowest BCUT2D eigenvalue weighted by molar-refractivity contribution is 0.102. The molecular formula is C22H18N4O3. The maximum atomic E-state index is 12.8. The number of pyridine rings is 1. The molecule has 1 amide bonds. The predicted molar refractivity (Wildman–Crippen MR) is 109 cm³/mol. The van der Waals surface area contributed by atoms with E-state index < -0.39 is 5.91 Å². The van der Waals surface area contributed by atoms with Crippen LogP contribution in [0.1, 0.15) is 15.9 Å². The molecule has 2 aromatic carbocycles. The van der Waals surface area contributed by atoms with Crippen molar-refractivity contribution in [2.24, 2.45) is 0 Å². The number of hydrogen-bond acceptors (Lipinski definition) is 6. The fraction of sp³-hybridized carbons (Fsp3) is 0.0455. The number of hydrogen-bond donors (Lipinski definition) is 2. The van der Waals surface area contributed by atoms with Crippen molar-refractivity contribution in [2.45, 2.75) is 6.61 Å². The smallest absolute Gasteiger partial charge is 0.263 e. The Labute approximate surface area is 167 Å². The van der Waals surface area contributed by atoms with Gasteiger partial charge in [-0.1, -0.05) is 41.6 Å². The van der Waals surface area contributed by atoms with Crippen LogP contribution in [-0.4, -0.2) is 16.0 Å². The van der Waals surface area contributed by atoms with Gasteiger partial charge in [-0.3, -0.25) is 9.78 Å². The first-order valence-corrected chi connectivity index (χ1v) is 8.94. The maximum Gasteiger partial charge on any atom is 0.263 e. The average molecular weight is 386 g/mol. The van der Waals surface area contributed by atoms with E-state index in [1.54, 1.807) is 42.7 Å². The molecule has 0 spiro atoms. The molecule has 4 rings (SSSR count). The topological polar surface area (TPSA) is 103 Å². The maximum absolute atomic E-state index is 12.8. The summed E-state index contributed by atoms with van der Waals surface area (Å²) < 4.78 is 10.9. The Morgan fingerprint density at radius 1 is 1.03 bits per heavy atom. The van der Waals surface area contributed by atoms with E-state index >= 15 is 0 Å². The predicted octanol–water partition coefficient (Wildman–Crippen LogP) is 4.15. The highest BCUT2D eigenvalue weighted by Crippen LogP contribution is 2.28. The molecule has 0 fully saturated rings. The summed E-state index contributed by atoms with van der Waals surface area (Å²) in [5.41, 5.74) is 8.69. The van der Waals surface area contributed by atoms with Crippen LogP contribution in [0.2, 0.25) is 0 Å². The fourth-order valence-corrected chi connectivity index (χ4v) is 2.83. The Morgan fingerprint density at radius 2 is 1.83 bits per heavy atom. The molecule has 4 aromatic rings. The number of nitrogen functional groups attached to an aromatic ring is 1. The molecule has 3 N–H and O–H groups in total. The molecule has 0 radical (unpaired) electrons. The normalized spacial score (nSPS) is 10.5.